The molecule has 2 nitrogen and oxygen atoms in total. The molecule has 0 radical (unpaired) electrons. The highest BCUT2D eigenvalue weighted by Gasteiger charge is 2.23. The van der Waals surface area contributed by atoms with Crippen molar-refractivity contribution in [1.82, 2.24) is 0 Å². The highest BCUT2D eigenvalue weighted by atomic mass is 32.2. The molecule has 2 aromatic rings. The van der Waals surface area contributed by atoms with Crippen LogP contribution in [0.3, 0.4) is 0 Å². The minimum Gasteiger partial charge on any atom is -0.493 e. The van der Waals surface area contributed by atoms with Crippen molar-refractivity contribution in [3.63, 3.8) is 0 Å². The van der Waals surface area contributed by atoms with Gasteiger partial charge in [0.25, 0.3) is 0 Å². The summed E-state index contributed by atoms with van der Waals surface area (Å²) in [7, 11) is 0. The number of fused-ring (bicyclic) bond motifs is 1. The van der Waals surface area contributed by atoms with Crippen molar-refractivity contribution in [2.45, 2.75) is 23.8 Å². The van der Waals surface area contributed by atoms with Crippen LogP contribution >= 0.6 is 11.8 Å². The number of ether oxygens (including phenoxy) is 1. The molecule has 1 aliphatic rings. The summed E-state index contributed by atoms with van der Waals surface area (Å²) < 4.78 is 5.91. The molecule has 1 heterocycles. The fourth-order valence-electron chi connectivity index (χ4n) is 2.43. The molecule has 104 valence electrons. The van der Waals surface area contributed by atoms with Crippen LogP contribution in [-0.4, -0.2) is 17.5 Å². The summed E-state index contributed by atoms with van der Waals surface area (Å²) >= 11 is 1.90. The van der Waals surface area contributed by atoms with Gasteiger partial charge in [-0.15, -0.1) is 11.8 Å². The number of thioether (sulfide) groups is 1. The molecule has 0 saturated carbocycles. The third-order valence-electron chi connectivity index (χ3n) is 3.59. The summed E-state index contributed by atoms with van der Waals surface area (Å²) in [5.74, 6) is 2.36. The molecule has 0 saturated heterocycles. The molecule has 3 heteroatoms. The number of hydrogen-bond donors (Lipinski definition) is 1. The Bertz CT molecular complexity index is 595. The molecule has 0 aliphatic carbocycles. The molecule has 3 rings (SSSR count). The topological polar surface area (TPSA) is 29.5 Å². The van der Waals surface area contributed by atoms with Gasteiger partial charge in [-0.2, -0.15) is 0 Å². The Morgan fingerprint density at radius 2 is 2.10 bits per heavy atom. The lowest BCUT2D eigenvalue weighted by molar-refractivity contribution is 0.198. The van der Waals surface area contributed by atoms with E-state index in [4.69, 9.17) is 4.74 Å². The van der Waals surface area contributed by atoms with Crippen LogP contribution in [0.5, 0.6) is 5.75 Å². The molecule has 1 N–H and O–H groups in total. The van der Waals surface area contributed by atoms with Gasteiger partial charge in [0.15, 0.2) is 0 Å². The predicted octanol–water partition coefficient (Wildman–Crippen LogP) is 4.01. The highest BCUT2D eigenvalue weighted by Crippen LogP contribution is 2.39. The van der Waals surface area contributed by atoms with Crippen LogP contribution in [-0.2, 0) is 0 Å². The van der Waals surface area contributed by atoms with Gasteiger partial charge in [0, 0.05) is 16.6 Å². The Morgan fingerprint density at radius 1 is 1.25 bits per heavy atom. The van der Waals surface area contributed by atoms with Crippen molar-refractivity contribution in [1.29, 1.82) is 0 Å². The zero-order valence-corrected chi connectivity index (χ0v) is 12.3. The van der Waals surface area contributed by atoms with E-state index in [9.17, 15) is 5.11 Å². The minimum atomic E-state index is -0.457. The van der Waals surface area contributed by atoms with E-state index in [1.165, 1.54) is 10.5 Å². The highest BCUT2D eigenvalue weighted by molar-refractivity contribution is 7.99. The number of rotatable bonds is 4. The van der Waals surface area contributed by atoms with E-state index < -0.39 is 6.10 Å². The van der Waals surface area contributed by atoms with Gasteiger partial charge in [0.05, 0.1) is 12.7 Å². The summed E-state index contributed by atoms with van der Waals surface area (Å²) in [6.45, 7) is 2.45. The quantitative estimate of drug-likeness (QED) is 0.921. The number of benzene rings is 2. The third-order valence-corrected chi connectivity index (χ3v) is 4.84. The fourth-order valence-corrected chi connectivity index (χ4v) is 3.66. The molecular formula is C17H18O2S. The molecule has 2 aromatic carbocycles. The largest absolute Gasteiger partial charge is 0.493 e. The molecule has 1 unspecified atom stereocenters. The van der Waals surface area contributed by atoms with Crippen LogP contribution < -0.4 is 4.74 Å². The molecule has 0 fully saturated rings. The molecule has 0 spiro atoms. The van der Waals surface area contributed by atoms with Crippen molar-refractivity contribution in [3.05, 3.63) is 59.7 Å². The van der Waals surface area contributed by atoms with Crippen molar-refractivity contribution in [2.24, 2.45) is 0 Å². The normalized spacial score (nSPS) is 18.6. The summed E-state index contributed by atoms with van der Waals surface area (Å²) in [6.07, 6.45) is -0.457. The van der Waals surface area contributed by atoms with Gasteiger partial charge in [-0.25, -0.2) is 0 Å². The van der Waals surface area contributed by atoms with Gasteiger partial charge >= 0.3 is 0 Å². The van der Waals surface area contributed by atoms with Crippen LogP contribution in [0.2, 0.25) is 0 Å². The maximum Gasteiger partial charge on any atom is 0.119 e. The van der Waals surface area contributed by atoms with Crippen molar-refractivity contribution < 1.29 is 9.84 Å². The molecule has 20 heavy (non-hydrogen) atoms. The van der Waals surface area contributed by atoms with Gasteiger partial charge in [-0.1, -0.05) is 30.3 Å². The molecule has 0 aromatic heterocycles. The zero-order chi connectivity index (χ0) is 13.9. The van der Waals surface area contributed by atoms with Gasteiger partial charge < -0.3 is 9.84 Å². The van der Waals surface area contributed by atoms with Crippen LogP contribution in [0.4, 0.5) is 0 Å². The first-order valence-electron chi connectivity index (χ1n) is 6.86. The Balaban J connectivity index is 1.67. The minimum absolute atomic E-state index is 0.450. The SMILES string of the molecule is C[C@H](O)c1cccc(OCC2CSc3ccccc32)c1. The van der Waals surface area contributed by atoms with Gasteiger partial charge in [0.1, 0.15) is 5.75 Å². The molecule has 0 amide bonds. The second-order valence-corrected chi connectivity index (χ2v) is 6.17. The van der Waals surface area contributed by atoms with E-state index in [1.807, 2.05) is 36.0 Å². The maximum atomic E-state index is 9.60. The Labute approximate surface area is 123 Å². The predicted molar refractivity (Wildman–Crippen MR) is 82.5 cm³/mol. The lowest BCUT2D eigenvalue weighted by Crippen LogP contribution is -2.09. The lowest BCUT2D eigenvalue weighted by atomic mass is 10.0. The second kappa shape index (κ2) is 5.90. The van der Waals surface area contributed by atoms with E-state index in [1.54, 1.807) is 6.92 Å². The first kappa shape index (κ1) is 13.5. The second-order valence-electron chi connectivity index (χ2n) is 5.11. The summed E-state index contributed by atoms with van der Waals surface area (Å²) in [6, 6.07) is 16.2. The number of aliphatic hydroxyl groups excluding tert-OH is 1. The Hall–Kier alpha value is -1.45. The van der Waals surface area contributed by atoms with Crippen LogP contribution in [0, 0.1) is 0 Å². The van der Waals surface area contributed by atoms with E-state index >= 15 is 0 Å². The van der Waals surface area contributed by atoms with Crippen LogP contribution in [0.1, 0.15) is 30.1 Å². The van der Waals surface area contributed by atoms with E-state index in [0.29, 0.717) is 12.5 Å². The summed E-state index contributed by atoms with van der Waals surface area (Å²) in [5, 5.41) is 9.60. The molecule has 0 bridgehead atoms. The van der Waals surface area contributed by atoms with E-state index in [0.717, 1.165) is 17.1 Å². The van der Waals surface area contributed by atoms with Crippen molar-refractivity contribution >= 4 is 11.8 Å². The van der Waals surface area contributed by atoms with Gasteiger partial charge in [-0.3, -0.25) is 0 Å². The lowest BCUT2D eigenvalue weighted by Gasteiger charge is -2.14. The third kappa shape index (κ3) is 2.84. The van der Waals surface area contributed by atoms with Crippen molar-refractivity contribution in [3.8, 4) is 5.75 Å². The Kier molecular flexibility index (Phi) is 3.99. The summed E-state index contributed by atoms with van der Waals surface area (Å²) in [4.78, 5) is 1.37. The fraction of sp³-hybridized carbons (Fsp3) is 0.294. The monoisotopic (exact) mass is 286 g/mol. The smallest absolute Gasteiger partial charge is 0.119 e. The number of aliphatic hydroxyl groups is 1. The van der Waals surface area contributed by atoms with E-state index in [2.05, 4.69) is 24.3 Å². The van der Waals surface area contributed by atoms with Crippen molar-refractivity contribution in [2.75, 3.05) is 12.4 Å². The summed E-state index contributed by atoms with van der Waals surface area (Å²) in [5.41, 5.74) is 2.29. The van der Waals surface area contributed by atoms with Crippen LogP contribution in [0.25, 0.3) is 0 Å². The molecule has 2 atom stereocenters. The Morgan fingerprint density at radius 3 is 2.95 bits per heavy atom. The first-order valence-corrected chi connectivity index (χ1v) is 7.85. The maximum absolute atomic E-state index is 9.60. The average Bonchev–Trinajstić information content (AvgIpc) is 2.89. The standard InChI is InChI=1S/C17H18O2S/c1-12(18)13-5-4-6-15(9-13)19-10-14-11-20-17-8-3-2-7-16(14)17/h2-9,12,14,18H,10-11H2,1H3/t12-,14?/m0/s1. The zero-order valence-electron chi connectivity index (χ0n) is 11.5. The first-order chi connectivity index (χ1) is 9.74. The molecular weight excluding hydrogens is 268 g/mol. The number of hydrogen-bond acceptors (Lipinski definition) is 3. The molecule has 1 aliphatic heterocycles. The van der Waals surface area contributed by atoms with Gasteiger partial charge in [0.2, 0.25) is 0 Å². The van der Waals surface area contributed by atoms with Crippen LogP contribution in [0.15, 0.2) is 53.4 Å². The van der Waals surface area contributed by atoms with Gasteiger partial charge in [-0.05, 0) is 36.2 Å². The average molecular weight is 286 g/mol. The van der Waals surface area contributed by atoms with E-state index in [-0.39, 0.29) is 0 Å².